The molecule has 1 aliphatic heterocycles. The molecule has 0 unspecified atom stereocenters. The maximum absolute atomic E-state index is 13.6. The molecule has 3 nitrogen and oxygen atoms in total. The van der Waals surface area contributed by atoms with Gasteiger partial charge in [0.2, 0.25) is 0 Å². The van der Waals surface area contributed by atoms with E-state index >= 15 is 0 Å². The standard InChI is InChI=1S/C25H25NO2S/c1-16-6-10-18(11-7-16)24(27)20-15-26(3)23(21-5-4-14-29-21)22(20)25(28)19-12-8-17(2)9-13-19/h4-14,20,22-23H,15H2,1-3H3/t20-,22-,23+/m1/s1. The summed E-state index contributed by atoms with van der Waals surface area (Å²) < 4.78 is 0. The zero-order valence-corrected chi connectivity index (χ0v) is 17.8. The summed E-state index contributed by atoms with van der Waals surface area (Å²) in [5.74, 6) is -0.640. The lowest BCUT2D eigenvalue weighted by Crippen LogP contribution is -2.30. The quantitative estimate of drug-likeness (QED) is 0.539. The van der Waals surface area contributed by atoms with E-state index < -0.39 is 5.92 Å². The van der Waals surface area contributed by atoms with Crippen LogP contribution in [0.5, 0.6) is 0 Å². The van der Waals surface area contributed by atoms with E-state index in [1.165, 1.54) is 0 Å². The van der Waals surface area contributed by atoms with Crippen LogP contribution in [-0.4, -0.2) is 30.1 Å². The zero-order valence-electron chi connectivity index (χ0n) is 17.0. The third-order valence-electron chi connectivity index (χ3n) is 5.88. The van der Waals surface area contributed by atoms with E-state index in [4.69, 9.17) is 0 Å². The predicted molar refractivity (Wildman–Crippen MR) is 118 cm³/mol. The van der Waals surface area contributed by atoms with Crippen LogP contribution in [0.3, 0.4) is 0 Å². The molecule has 1 saturated heterocycles. The molecule has 0 aliphatic carbocycles. The second-order valence-electron chi connectivity index (χ2n) is 7.99. The van der Waals surface area contributed by atoms with Crippen molar-refractivity contribution in [2.45, 2.75) is 19.9 Å². The van der Waals surface area contributed by atoms with Crippen molar-refractivity contribution in [1.82, 2.24) is 4.90 Å². The van der Waals surface area contributed by atoms with Gasteiger partial charge >= 0.3 is 0 Å². The minimum atomic E-state index is -0.393. The fourth-order valence-electron chi connectivity index (χ4n) is 4.30. The second-order valence-corrected chi connectivity index (χ2v) is 8.97. The number of rotatable bonds is 5. The van der Waals surface area contributed by atoms with Crippen LogP contribution in [0.15, 0.2) is 66.0 Å². The van der Waals surface area contributed by atoms with Crippen molar-refractivity contribution in [2.24, 2.45) is 11.8 Å². The molecule has 4 heteroatoms. The molecule has 1 aromatic heterocycles. The number of Topliss-reactive ketones (excluding diaryl/α,β-unsaturated/α-hetero) is 2. The molecule has 0 radical (unpaired) electrons. The van der Waals surface area contributed by atoms with Crippen molar-refractivity contribution in [3.8, 4) is 0 Å². The van der Waals surface area contributed by atoms with Gasteiger partial charge in [-0.2, -0.15) is 0 Å². The first-order chi connectivity index (χ1) is 14.0. The summed E-state index contributed by atoms with van der Waals surface area (Å²) in [6.45, 7) is 4.60. The average molecular weight is 404 g/mol. The molecule has 1 aliphatic rings. The predicted octanol–water partition coefficient (Wildman–Crippen LogP) is 5.35. The van der Waals surface area contributed by atoms with Gasteiger partial charge in [0.1, 0.15) is 0 Å². The Balaban J connectivity index is 1.74. The molecule has 148 valence electrons. The molecule has 3 atom stereocenters. The summed E-state index contributed by atoms with van der Waals surface area (Å²) >= 11 is 1.65. The monoisotopic (exact) mass is 403 g/mol. The van der Waals surface area contributed by atoms with E-state index in [0.29, 0.717) is 17.7 Å². The highest BCUT2D eigenvalue weighted by Crippen LogP contribution is 2.44. The highest BCUT2D eigenvalue weighted by molar-refractivity contribution is 7.10. The van der Waals surface area contributed by atoms with Gasteiger partial charge in [-0.25, -0.2) is 0 Å². The smallest absolute Gasteiger partial charge is 0.168 e. The van der Waals surface area contributed by atoms with Crippen LogP contribution < -0.4 is 0 Å². The number of carbonyl (C=O) groups excluding carboxylic acids is 2. The summed E-state index contributed by atoms with van der Waals surface area (Å²) in [7, 11) is 2.02. The fourth-order valence-corrected chi connectivity index (χ4v) is 5.24. The van der Waals surface area contributed by atoms with Crippen molar-refractivity contribution in [1.29, 1.82) is 0 Å². The van der Waals surface area contributed by atoms with Crippen LogP contribution in [0.4, 0.5) is 0 Å². The summed E-state index contributed by atoms with van der Waals surface area (Å²) in [5, 5.41) is 2.03. The van der Waals surface area contributed by atoms with Crippen LogP contribution in [0.2, 0.25) is 0 Å². The van der Waals surface area contributed by atoms with Crippen LogP contribution in [0, 0.1) is 25.7 Å². The number of thiophene rings is 1. The summed E-state index contributed by atoms with van der Waals surface area (Å²) in [5.41, 5.74) is 3.60. The number of aryl methyl sites for hydroxylation is 2. The number of hydrogen-bond donors (Lipinski definition) is 0. The number of carbonyl (C=O) groups is 2. The molecular weight excluding hydrogens is 378 g/mol. The van der Waals surface area contributed by atoms with E-state index in [2.05, 4.69) is 11.0 Å². The molecule has 0 bridgehead atoms. The molecular formula is C25H25NO2S. The average Bonchev–Trinajstić information content (AvgIpc) is 3.35. The Morgan fingerprint density at radius 2 is 1.41 bits per heavy atom. The zero-order chi connectivity index (χ0) is 20.5. The van der Waals surface area contributed by atoms with Crippen molar-refractivity contribution in [3.05, 3.63) is 93.2 Å². The Bertz CT molecular complexity index is 1010. The Morgan fingerprint density at radius 3 is 1.93 bits per heavy atom. The Hall–Kier alpha value is -2.56. The maximum atomic E-state index is 13.6. The summed E-state index contributed by atoms with van der Waals surface area (Å²) in [4.78, 5) is 30.4. The summed E-state index contributed by atoms with van der Waals surface area (Å²) in [6, 6.07) is 19.4. The molecule has 0 N–H and O–H groups in total. The molecule has 29 heavy (non-hydrogen) atoms. The fraction of sp³-hybridized carbons (Fsp3) is 0.280. The highest BCUT2D eigenvalue weighted by Gasteiger charge is 2.48. The van der Waals surface area contributed by atoms with Gasteiger partial charge in [0.25, 0.3) is 0 Å². The minimum absolute atomic E-state index is 0.0539. The van der Waals surface area contributed by atoms with E-state index in [1.54, 1.807) is 11.3 Å². The first-order valence-corrected chi connectivity index (χ1v) is 10.8. The van der Waals surface area contributed by atoms with E-state index in [9.17, 15) is 9.59 Å². The number of hydrogen-bond acceptors (Lipinski definition) is 4. The SMILES string of the molecule is Cc1ccc(C(=O)[C@@H]2[C@H](C(=O)c3ccc(C)cc3)CN(C)[C@H]2c2cccs2)cc1. The number of nitrogens with zero attached hydrogens (tertiary/aromatic N) is 1. The van der Waals surface area contributed by atoms with Gasteiger partial charge in [-0.15, -0.1) is 11.3 Å². The first-order valence-electron chi connectivity index (χ1n) is 9.91. The van der Waals surface area contributed by atoms with Crippen molar-refractivity contribution >= 4 is 22.9 Å². The van der Waals surface area contributed by atoms with Gasteiger partial charge in [-0.05, 0) is 32.3 Å². The van der Waals surface area contributed by atoms with E-state index in [0.717, 1.165) is 16.0 Å². The van der Waals surface area contributed by atoms with E-state index in [1.807, 2.05) is 80.9 Å². The minimum Gasteiger partial charge on any atom is -0.297 e. The van der Waals surface area contributed by atoms with E-state index in [-0.39, 0.29) is 23.5 Å². The molecule has 0 amide bonds. The maximum Gasteiger partial charge on any atom is 0.168 e. The van der Waals surface area contributed by atoms with Gasteiger partial charge in [0, 0.05) is 28.5 Å². The lowest BCUT2D eigenvalue weighted by atomic mass is 9.79. The molecule has 2 heterocycles. The molecule has 0 spiro atoms. The van der Waals surface area contributed by atoms with Crippen LogP contribution in [0.25, 0.3) is 0 Å². The lowest BCUT2D eigenvalue weighted by molar-refractivity contribution is 0.0786. The largest absolute Gasteiger partial charge is 0.297 e. The molecule has 0 saturated carbocycles. The Morgan fingerprint density at radius 1 is 0.862 bits per heavy atom. The van der Waals surface area contributed by atoms with Crippen molar-refractivity contribution in [2.75, 3.05) is 13.6 Å². The van der Waals surface area contributed by atoms with Gasteiger partial charge in [0.15, 0.2) is 11.6 Å². The molecule has 4 rings (SSSR count). The molecule has 3 aromatic rings. The van der Waals surface area contributed by atoms with Crippen LogP contribution in [-0.2, 0) is 0 Å². The second kappa shape index (κ2) is 8.05. The Labute approximate surface area is 176 Å². The van der Waals surface area contributed by atoms with Crippen LogP contribution in [0.1, 0.15) is 42.8 Å². The van der Waals surface area contributed by atoms with Crippen molar-refractivity contribution < 1.29 is 9.59 Å². The number of ketones is 2. The lowest BCUT2D eigenvalue weighted by Gasteiger charge is -2.24. The van der Waals surface area contributed by atoms with Gasteiger partial charge in [0.05, 0.1) is 12.0 Å². The topological polar surface area (TPSA) is 37.4 Å². The number of benzene rings is 2. The van der Waals surface area contributed by atoms with Gasteiger partial charge < -0.3 is 0 Å². The third kappa shape index (κ3) is 3.83. The van der Waals surface area contributed by atoms with Crippen LogP contribution >= 0.6 is 11.3 Å². The highest BCUT2D eigenvalue weighted by atomic mass is 32.1. The molecule has 1 fully saturated rings. The first kappa shape index (κ1) is 19.7. The summed E-state index contributed by atoms with van der Waals surface area (Å²) in [6.07, 6.45) is 0. The number of likely N-dealkylation sites (tertiary alicyclic amines) is 1. The van der Waals surface area contributed by atoms with Gasteiger partial charge in [-0.1, -0.05) is 65.7 Å². The normalized spacial score (nSPS) is 22.0. The molecule has 2 aromatic carbocycles. The third-order valence-corrected chi connectivity index (χ3v) is 6.82. The Kier molecular flexibility index (Phi) is 5.48. The van der Waals surface area contributed by atoms with Crippen molar-refractivity contribution in [3.63, 3.8) is 0 Å². The van der Waals surface area contributed by atoms with Gasteiger partial charge in [-0.3, -0.25) is 14.5 Å².